The van der Waals surface area contributed by atoms with Crippen LogP contribution < -0.4 is 11.3 Å². The van der Waals surface area contributed by atoms with Gasteiger partial charge in [-0.05, 0) is 52.0 Å². The fourth-order valence-corrected chi connectivity index (χ4v) is 2.62. The molecule has 3 N–H and O–H groups in total. The molecule has 0 amide bonds. The second-order valence-corrected chi connectivity index (χ2v) is 5.82. The van der Waals surface area contributed by atoms with Crippen molar-refractivity contribution in [2.75, 3.05) is 0 Å². The van der Waals surface area contributed by atoms with Crippen molar-refractivity contribution in [3.8, 4) is 0 Å². The highest BCUT2D eigenvalue weighted by molar-refractivity contribution is 9.10. The maximum atomic E-state index is 13.9. The number of nitrogens with two attached hydrogens (primary N) is 1. The molecule has 1 aromatic heterocycles. The van der Waals surface area contributed by atoms with E-state index in [1.807, 2.05) is 6.07 Å². The molecule has 0 bridgehead atoms. The van der Waals surface area contributed by atoms with Gasteiger partial charge in [0.2, 0.25) is 0 Å². The average molecular weight is 359 g/mol. The Balaban J connectivity index is 2.11. The van der Waals surface area contributed by atoms with E-state index in [9.17, 15) is 4.39 Å². The number of hydrazine groups is 1. The fraction of sp³-hybridized carbons (Fsp3) is 0.214. The van der Waals surface area contributed by atoms with Crippen LogP contribution in [-0.4, -0.2) is 11.0 Å². The first-order valence-corrected chi connectivity index (χ1v) is 7.25. The van der Waals surface area contributed by atoms with Crippen LogP contribution in [0.5, 0.6) is 0 Å². The Morgan fingerprint density at radius 3 is 2.85 bits per heavy atom. The van der Waals surface area contributed by atoms with Crippen LogP contribution in [0.4, 0.5) is 4.39 Å². The Bertz CT molecular complexity index is 594. The van der Waals surface area contributed by atoms with Crippen molar-refractivity contribution in [2.45, 2.75) is 18.9 Å². The summed E-state index contributed by atoms with van der Waals surface area (Å²) in [5.41, 5.74) is 4.28. The van der Waals surface area contributed by atoms with Gasteiger partial charge in [0.25, 0.3) is 0 Å². The molecule has 0 saturated heterocycles. The van der Waals surface area contributed by atoms with E-state index in [4.69, 9.17) is 17.4 Å². The summed E-state index contributed by atoms with van der Waals surface area (Å²) in [6.07, 6.45) is 4.58. The number of pyridine rings is 1. The number of benzene rings is 1. The molecule has 0 fully saturated rings. The molecule has 1 atom stereocenters. The van der Waals surface area contributed by atoms with Gasteiger partial charge in [0.15, 0.2) is 0 Å². The molecule has 20 heavy (non-hydrogen) atoms. The summed E-state index contributed by atoms with van der Waals surface area (Å²) in [5, 5.41) is 0.127. The molecule has 1 unspecified atom stereocenters. The van der Waals surface area contributed by atoms with Crippen molar-refractivity contribution in [1.29, 1.82) is 0 Å². The molecule has 1 heterocycles. The summed E-state index contributed by atoms with van der Waals surface area (Å²) < 4.78 is 14.8. The van der Waals surface area contributed by atoms with Crippen molar-refractivity contribution in [2.24, 2.45) is 5.84 Å². The largest absolute Gasteiger partial charge is 0.271 e. The molecule has 0 aliphatic carbocycles. The van der Waals surface area contributed by atoms with Crippen LogP contribution in [0.2, 0.25) is 5.02 Å². The third-order valence-corrected chi connectivity index (χ3v) is 3.70. The minimum Gasteiger partial charge on any atom is -0.271 e. The van der Waals surface area contributed by atoms with E-state index in [2.05, 4.69) is 26.3 Å². The quantitative estimate of drug-likeness (QED) is 0.637. The Hall–Kier alpha value is -1.01. The van der Waals surface area contributed by atoms with Gasteiger partial charge >= 0.3 is 0 Å². The number of halogens is 3. The molecule has 106 valence electrons. The first-order valence-electron chi connectivity index (χ1n) is 6.08. The minimum absolute atomic E-state index is 0.0981. The van der Waals surface area contributed by atoms with Crippen LogP contribution in [0, 0.1) is 5.82 Å². The van der Waals surface area contributed by atoms with Crippen molar-refractivity contribution < 1.29 is 4.39 Å². The number of aromatic nitrogens is 1. The third-order valence-electron chi connectivity index (χ3n) is 2.98. The number of nitrogens with zero attached hydrogens (tertiary/aromatic N) is 1. The molecule has 0 aliphatic heterocycles. The van der Waals surface area contributed by atoms with Crippen LogP contribution in [0.25, 0.3) is 0 Å². The Labute approximate surface area is 130 Å². The fourth-order valence-electron chi connectivity index (χ4n) is 2.01. The maximum Gasteiger partial charge on any atom is 0.145 e. The summed E-state index contributed by atoms with van der Waals surface area (Å²) >= 11 is 9.15. The van der Waals surface area contributed by atoms with Crippen LogP contribution in [0.1, 0.15) is 11.1 Å². The van der Waals surface area contributed by atoms with Crippen LogP contribution >= 0.6 is 27.5 Å². The molecule has 0 radical (unpaired) electrons. The normalized spacial score (nSPS) is 12.4. The summed E-state index contributed by atoms with van der Waals surface area (Å²) in [7, 11) is 0. The second-order valence-electron chi connectivity index (χ2n) is 4.50. The number of rotatable bonds is 5. The van der Waals surface area contributed by atoms with Gasteiger partial charge in [-0.3, -0.25) is 16.3 Å². The zero-order valence-corrected chi connectivity index (χ0v) is 13.0. The van der Waals surface area contributed by atoms with Gasteiger partial charge in [0, 0.05) is 22.9 Å². The molecule has 0 saturated carbocycles. The molecule has 2 aromatic rings. The predicted octanol–water partition coefficient (Wildman–Crippen LogP) is 3.25. The SMILES string of the molecule is NNC(Cc1cncc(Br)c1)Cc1cccc(Cl)c1F. The van der Waals surface area contributed by atoms with E-state index in [1.165, 1.54) is 6.07 Å². The standard InChI is InChI=1S/C14H14BrClFN3/c15-11-4-9(7-19-8-11)5-12(20-18)6-10-2-1-3-13(16)14(10)17/h1-4,7-8,12,20H,5-6,18H2. The lowest BCUT2D eigenvalue weighted by atomic mass is 10.00. The van der Waals surface area contributed by atoms with E-state index in [-0.39, 0.29) is 16.9 Å². The van der Waals surface area contributed by atoms with Crippen LogP contribution in [0.15, 0.2) is 41.1 Å². The molecule has 1 aromatic carbocycles. The smallest absolute Gasteiger partial charge is 0.145 e. The number of hydrogen-bond donors (Lipinski definition) is 2. The van der Waals surface area contributed by atoms with E-state index in [1.54, 1.807) is 24.5 Å². The summed E-state index contributed by atoms with van der Waals surface area (Å²) in [6, 6.07) is 6.84. The zero-order valence-electron chi connectivity index (χ0n) is 10.6. The highest BCUT2D eigenvalue weighted by Crippen LogP contribution is 2.20. The number of hydrogen-bond acceptors (Lipinski definition) is 3. The van der Waals surface area contributed by atoms with Crippen molar-refractivity contribution >= 4 is 27.5 Å². The lowest BCUT2D eigenvalue weighted by Crippen LogP contribution is -2.38. The monoisotopic (exact) mass is 357 g/mol. The minimum atomic E-state index is -0.387. The molecule has 0 spiro atoms. The maximum absolute atomic E-state index is 13.9. The van der Waals surface area contributed by atoms with Gasteiger partial charge in [-0.1, -0.05) is 23.7 Å². The average Bonchev–Trinajstić information content (AvgIpc) is 2.43. The molecule has 2 rings (SSSR count). The molecular weight excluding hydrogens is 345 g/mol. The first-order chi connectivity index (χ1) is 9.60. The van der Waals surface area contributed by atoms with Gasteiger partial charge in [-0.2, -0.15) is 0 Å². The first kappa shape index (κ1) is 15.4. The molecular formula is C14H14BrClFN3. The molecule has 6 heteroatoms. The van der Waals surface area contributed by atoms with Gasteiger partial charge in [-0.25, -0.2) is 4.39 Å². The van der Waals surface area contributed by atoms with Gasteiger partial charge in [-0.15, -0.1) is 0 Å². The topological polar surface area (TPSA) is 50.9 Å². The third kappa shape index (κ3) is 3.99. The summed E-state index contributed by atoms with van der Waals surface area (Å²) in [4.78, 5) is 4.10. The van der Waals surface area contributed by atoms with Crippen LogP contribution in [-0.2, 0) is 12.8 Å². The lowest BCUT2D eigenvalue weighted by molar-refractivity contribution is 0.506. The summed E-state index contributed by atoms with van der Waals surface area (Å²) in [5.74, 6) is 5.17. The van der Waals surface area contributed by atoms with Crippen LogP contribution in [0.3, 0.4) is 0 Å². The lowest BCUT2D eigenvalue weighted by Gasteiger charge is -2.16. The Morgan fingerprint density at radius 2 is 2.15 bits per heavy atom. The van der Waals surface area contributed by atoms with E-state index >= 15 is 0 Å². The highest BCUT2D eigenvalue weighted by Gasteiger charge is 2.13. The van der Waals surface area contributed by atoms with Crippen molar-refractivity contribution in [1.82, 2.24) is 10.4 Å². The van der Waals surface area contributed by atoms with Crippen molar-refractivity contribution in [3.63, 3.8) is 0 Å². The van der Waals surface area contributed by atoms with Gasteiger partial charge in [0.1, 0.15) is 5.82 Å². The number of nitrogens with one attached hydrogen (secondary N) is 1. The molecule has 0 aliphatic rings. The van der Waals surface area contributed by atoms with E-state index in [0.717, 1.165) is 10.0 Å². The highest BCUT2D eigenvalue weighted by atomic mass is 79.9. The second kappa shape index (κ2) is 7.13. The summed E-state index contributed by atoms with van der Waals surface area (Å²) in [6.45, 7) is 0. The predicted molar refractivity (Wildman–Crippen MR) is 81.9 cm³/mol. The molecule has 3 nitrogen and oxygen atoms in total. The Kier molecular flexibility index (Phi) is 5.48. The zero-order chi connectivity index (χ0) is 14.5. The Morgan fingerprint density at radius 1 is 1.35 bits per heavy atom. The van der Waals surface area contributed by atoms with Gasteiger partial charge in [0.05, 0.1) is 5.02 Å². The van der Waals surface area contributed by atoms with Gasteiger partial charge < -0.3 is 0 Å². The van der Waals surface area contributed by atoms with E-state index < -0.39 is 0 Å². The van der Waals surface area contributed by atoms with E-state index in [0.29, 0.717) is 18.4 Å². The van der Waals surface area contributed by atoms with Crippen molar-refractivity contribution in [3.05, 3.63) is 63.1 Å².